The minimum atomic E-state index is -0.198. The lowest BCUT2D eigenvalue weighted by Crippen LogP contribution is -2.29. The Morgan fingerprint density at radius 3 is 2.95 bits per heavy atom. The SMILES string of the molecule is CC(C)(C)C1CCc2onc(C(=O)NCc3ccco3)c2C1. The van der Waals surface area contributed by atoms with Gasteiger partial charge in [-0.1, -0.05) is 25.9 Å². The van der Waals surface area contributed by atoms with Gasteiger partial charge in [0.25, 0.3) is 5.91 Å². The monoisotopic (exact) mass is 302 g/mol. The number of rotatable bonds is 3. The zero-order valence-corrected chi connectivity index (χ0v) is 13.3. The number of nitrogens with zero attached hydrogens (tertiary/aromatic N) is 1. The van der Waals surface area contributed by atoms with Crippen LogP contribution in [0.15, 0.2) is 27.3 Å². The summed E-state index contributed by atoms with van der Waals surface area (Å²) in [5, 5.41) is 6.83. The summed E-state index contributed by atoms with van der Waals surface area (Å²) in [6.07, 6.45) is 4.38. The maximum atomic E-state index is 12.4. The molecule has 0 spiro atoms. The Hall–Kier alpha value is -2.04. The number of amides is 1. The fourth-order valence-electron chi connectivity index (χ4n) is 2.99. The van der Waals surface area contributed by atoms with Crippen LogP contribution in [0.2, 0.25) is 0 Å². The minimum absolute atomic E-state index is 0.198. The molecule has 22 heavy (non-hydrogen) atoms. The van der Waals surface area contributed by atoms with E-state index in [1.54, 1.807) is 12.3 Å². The Balaban J connectivity index is 1.73. The lowest BCUT2D eigenvalue weighted by atomic mass is 9.71. The summed E-state index contributed by atoms with van der Waals surface area (Å²) >= 11 is 0. The molecule has 1 amide bonds. The van der Waals surface area contributed by atoms with Crippen molar-refractivity contribution in [3.05, 3.63) is 41.2 Å². The Kier molecular flexibility index (Phi) is 3.81. The van der Waals surface area contributed by atoms with Gasteiger partial charge in [0, 0.05) is 12.0 Å². The van der Waals surface area contributed by atoms with Crippen molar-refractivity contribution in [3.63, 3.8) is 0 Å². The number of hydrogen-bond donors (Lipinski definition) is 1. The first kappa shape index (κ1) is 14.9. The Morgan fingerprint density at radius 2 is 2.27 bits per heavy atom. The van der Waals surface area contributed by atoms with Crippen LogP contribution in [0.3, 0.4) is 0 Å². The van der Waals surface area contributed by atoms with E-state index in [2.05, 4.69) is 31.2 Å². The van der Waals surface area contributed by atoms with Crippen molar-refractivity contribution in [2.75, 3.05) is 0 Å². The largest absolute Gasteiger partial charge is 0.467 e. The molecule has 0 saturated heterocycles. The molecule has 5 nitrogen and oxygen atoms in total. The predicted molar refractivity (Wildman–Crippen MR) is 81.4 cm³/mol. The second kappa shape index (κ2) is 5.63. The van der Waals surface area contributed by atoms with Crippen molar-refractivity contribution in [1.82, 2.24) is 10.5 Å². The molecule has 0 radical (unpaired) electrons. The summed E-state index contributed by atoms with van der Waals surface area (Å²) in [4.78, 5) is 12.4. The zero-order chi connectivity index (χ0) is 15.7. The van der Waals surface area contributed by atoms with Gasteiger partial charge < -0.3 is 14.3 Å². The van der Waals surface area contributed by atoms with Crippen LogP contribution in [0.1, 0.15) is 54.8 Å². The van der Waals surface area contributed by atoms with Crippen LogP contribution < -0.4 is 5.32 Å². The van der Waals surface area contributed by atoms with E-state index < -0.39 is 0 Å². The second-order valence-corrected chi connectivity index (χ2v) is 7.00. The molecule has 2 heterocycles. The van der Waals surface area contributed by atoms with Gasteiger partial charge in [-0.2, -0.15) is 0 Å². The quantitative estimate of drug-likeness (QED) is 0.944. The first-order valence-electron chi connectivity index (χ1n) is 7.73. The molecule has 0 aromatic carbocycles. The smallest absolute Gasteiger partial charge is 0.274 e. The van der Waals surface area contributed by atoms with E-state index in [-0.39, 0.29) is 11.3 Å². The molecule has 1 atom stereocenters. The van der Waals surface area contributed by atoms with Crippen molar-refractivity contribution in [3.8, 4) is 0 Å². The van der Waals surface area contributed by atoms with E-state index in [1.165, 1.54) is 0 Å². The van der Waals surface area contributed by atoms with Crippen molar-refractivity contribution >= 4 is 5.91 Å². The Labute approximate surface area is 130 Å². The van der Waals surface area contributed by atoms with Gasteiger partial charge in [0.1, 0.15) is 11.5 Å². The van der Waals surface area contributed by atoms with Crippen LogP contribution in [0.5, 0.6) is 0 Å². The van der Waals surface area contributed by atoms with Crippen LogP contribution in [-0.2, 0) is 19.4 Å². The number of carbonyl (C=O) groups excluding carboxylic acids is 1. The summed E-state index contributed by atoms with van der Waals surface area (Å²) < 4.78 is 10.6. The lowest BCUT2D eigenvalue weighted by Gasteiger charge is -2.33. The van der Waals surface area contributed by atoms with Crippen LogP contribution in [0.4, 0.5) is 0 Å². The van der Waals surface area contributed by atoms with E-state index in [0.29, 0.717) is 18.2 Å². The second-order valence-electron chi connectivity index (χ2n) is 7.00. The highest BCUT2D eigenvalue weighted by atomic mass is 16.5. The minimum Gasteiger partial charge on any atom is -0.467 e. The van der Waals surface area contributed by atoms with Gasteiger partial charge in [-0.15, -0.1) is 0 Å². The number of aryl methyl sites for hydroxylation is 1. The average molecular weight is 302 g/mol. The molecule has 1 N–H and O–H groups in total. The highest BCUT2D eigenvalue weighted by Gasteiger charge is 2.34. The lowest BCUT2D eigenvalue weighted by molar-refractivity contribution is 0.0937. The van der Waals surface area contributed by atoms with E-state index in [4.69, 9.17) is 8.94 Å². The summed E-state index contributed by atoms with van der Waals surface area (Å²) in [7, 11) is 0. The summed E-state index contributed by atoms with van der Waals surface area (Å²) in [6, 6.07) is 3.63. The van der Waals surface area contributed by atoms with Crippen molar-refractivity contribution < 1.29 is 13.7 Å². The molecule has 3 rings (SSSR count). The standard InChI is InChI=1S/C17H22N2O3/c1-17(2,3)11-6-7-14-13(9-11)15(19-22-14)16(20)18-10-12-5-4-8-21-12/h4-5,8,11H,6-7,9-10H2,1-3H3,(H,18,20). The average Bonchev–Trinajstić information content (AvgIpc) is 3.12. The maximum absolute atomic E-state index is 12.4. The van der Waals surface area contributed by atoms with Crippen LogP contribution in [-0.4, -0.2) is 11.1 Å². The van der Waals surface area contributed by atoms with Crippen LogP contribution in [0, 0.1) is 11.3 Å². The van der Waals surface area contributed by atoms with Crippen molar-refractivity contribution in [2.45, 2.75) is 46.6 Å². The van der Waals surface area contributed by atoms with Crippen molar-refractivity contribution in [1.29, 1.82) is 0 Å². The fraction of sp³-hybridized carbons (Fsp3) is 0.529. The van der Waals surface area contributed by atoms with Crippen molar-refractivity contribution in [2.24, 2.45) is 11.3 Å². The molecule has 1 aliphatic rings. The van der Waals surface area contributed by atoms with Gasteiger partial charge in [0.15, 0.2) is 5.69 Å². The third-order valence-corrected chi connectivity index (χ3v) is 4.48. The molecular weight excluding hydrogens is 280 g/mol. The topological polar surface area (TPSA) is 68.3 Å². The first-order chi connectivity index (χ1) is 10.4. The number of furan rings is 1. The van der Waals surface area contributed by atoms with Gasteiger partial charge in [0.05, 0.1) is 12.8 Å². The molecule has 1 aliphatic carbocycles. The van der Waals surface area contributed by atoms with Gasteiger partial charge in [-0.25, -0.2) is 0 Å². The highest BCUT2D eigenvalue weighted by Crippen LogP contribution is 2.38. The zero-order valence-electron chi connectivity index (χ0n) is 13.3. The van der Waals surface area contributed by atoms with E-state index in [0.717, 1.165) is 36.3 Å². The Morgan fingerprint density at radius 1 is 1.45 bits per heavy atom. The molecule has 0 fully saturated rings. The predicted octanol–water partition coefficient (Wildman–Crippen LogP) is 3.35. The van der Waals surface area contributed by atoms with Gasteiger partial charge in [-0.05, 0) is 36.3 Å². The number of hydrogen-bond acceptors (Lipinski definition) is 4. The van der Waals surface area contributed by atoms with Gasteiger partial charge >= 0.3 is 0 Å². The van der Waals surface area contributed by atoms with Crippen LogP contribution in [0.25, 0.3) is 0 Å². The number of carbonyl (C=O) groups is 1. The van der Waals surface area contributed by atoms with Crippen LogP contribution >= 0.6 is 0 Å². The van der Waals surface area contributed by atoms with E-state index >= 15 is 0 Å². The molecular formula is C17H22N2O3. The molecule has 118 valence electrons. The summed E-state index contributed by atoms with van der Waals surface area (Å²) in [5.41, 5.74) is 1.62. The molecule has 0 saturated carbocycles. The number of aromatic nitrogens is 1. The van der Waals surface area contributed by atoms with E-state index in [9.17, 15) is 4.79 Å². The summed E-state index contributed by atoms with van der Waals surface area (Å²) in [6.45, 7) is 7.09. The van der Waals surface area contributed by atoms with E-state index in [1.807, 2.05) is 6.07 Å². The maximum Gasteiger partial charge on any atom is 0.274 e. The Bertz CT molecular complexity index is 650. The third kappa shape index (κ3) is 2.93. The molecule has 2 aromatic heterocycles. The highest BCUT2D eigenvalue weighted by molar-refractivity contribution is 5.93. The molecule has 1 unspecified atom stereocenters. The third-order valence-electron chi connectivity index (χ3n) is 4.48. The van der Waals surface area contributed by atoms with Gasteiger partial charge in [-0.3, -0.25) is 4.79 Å². The number of fused-ring (bicyclic) bond motifs is 1. The molecule has 0 aliphatic heterocycles. The van der Waals surface area contributed by atoms with Gasteiger partial charge in [0.2, 0.25) is 0 Å². The molecule has 0 bridgehead atoms. The summed E-state index contributed by atoms with van der Waals surface area (Å²) in [5.74, 6) is 1.92. The normalized spacial score (nSPS) is 18.0. The molecule has 5 heteroatoms. The first-order valence-corrected chi connectivity index (χ1v) is 7.73. The number of nitrogens with one attached hydrogen (secondary N) is 1. The molecule has 2 aromatic rings. The fourth-order valence-corrected chi connectivity index (χ4v) is 2.99.